The summed E-state index contributed by atoms with van der Waals surface area (Å²) in [4.78, 5) is 47.8. The number of hydrogen-bond donors (Lipinski definition) is 4. The molecule has 4 aromatic rings. The molecule has 1 aliphatic carbocycles. The summed E-state index contributed by atoms with van der Waals surface area (Å²) in [6.45, 7) is -0.656. The van der Waals surface area contributed by atoms with E-state index < -0.39 is 50.2 Å². The van der Waals surface area contributed by atoms with Crippen LogP contribution >= 0.6 is 25.5 Å². The number of fused-ring (bicyclic) bond motifs is 4. The van der Waals surface area contributed by atoms with E-state index in [4.69, 9.17) is 35.8 Å². The van der Waals surface area contributed by atoms with Crippen molar-refractivity contribution in [3.8, 4) is 0 Å². The third-order valence-electron chi connectivity index (χ3n) is 9.00. The Morgan fingerprint density at radius 2 is 2.04 bits per heavy atom. The number of ether oxygens (including phenoxy) is 1. The standard InChI is InChI=1S/C26H31FN10O7P2S2/c1-12-17-13(6-15(17)36-10-33-20-23(36)34-26-31-4-5-35(26)24(20)38)7-41-45(39,47)9-14-16(8-42-46(40,48)44-12)43-25(18(14)27)37-11-32-19(21(28)29-2)22(37)30-3/h4-5,10-11,13-18,25H,1,3,6-9H2,2H3,(H2,28,29)(H,31,34)(H,39,47)(H,40,48)/t13-,14-,15-,16-,17-,18-,25-,45?,46?/m1/s1. The van der Waals surface area contributed by atoms with E-state index >= 15 is 4.39 Å². The Hall–Kier alpha value is -3.22. The van der Waals surface area contributed by atoms with Crippen molar-refractivity contribution in [2.75, 3.05) is 26.4 Å². The Kier molecular flexibility index (Phi) is 8.51. The summed E-state index contributed by atoms with van der Waals surface area (Å²) in [5.74, 6) is -1.34. The molecule has 22 heteroatoms. The van der Waals surface area contributed by atoms with Crippen LogP contribution in [0.25, 0.3) is 16.9 Å². The Morgan fingerprint density at radius 1 is 1.27 bits per heavy atom. The molecule has 6 heterocycles. The summed E-state index contributed by atoms with van der Waals surface area (Å²) in [6.07, 6.45) is 1.81. The third-order valence-corrected chi connectivity index (χ3v) is 12.7. The highest BCUT2D eigenvalue weighted by Gasteiger charge is 2.52. The molecule has 2 aliphatic heterocycles. The van der Waals surface area contributed by atoms with E-state index in [1.54, 1.807) is 4.57 Å². The van der Waals surface area contributed by atoms with Crippen molar-refractivity contribution in [3.05, 3.63) is 53.4 Å². The topological polar surface area (TPSA) is 211 Å². The van der Waals surface area contributed by atoms with E-state index in [0.717, 1.165) is 0 Å². The van der Waals surface area contributed by atoms with Crippen LogP contribution < -0.4 is 11.3 Å². The number of nitrogens with two attached hydrogens (primary N) is 1. The zero-order valence-electron chi connectivity index (χ0n) is 25.3. The fraction of sp³-hybridized carbons (Fsp3) is 0.462. The zero-order chi connectivity index (χ0) is 34.1. The number of thiol groups is 1. The van der Waals surface area contributed by atoms with Crippen LogP contribution in [0.3, 0.4) is 0 Å². The molecule has 4 aromatic heterocycles. The molecule has 2 unspecified atom stereocenters. The first-order chi connectivity index (χ1) is 22.8. The highest BCUT2D eigenvalue weighted by Crippen LogP contribution is 2.60. The fourth-order valence-corrected chi connectivity index (χ4v) is 10.2. The van der Waals surface area contributed by atoms with Gasteiger partial charge in [-0.2, -0.15) is 0 Å². The molecule has 48 heavy (non-hydrogen) atoms. The number of halogens is 1. The van der Waals surface area contributed by atoms with Gasteiger partial charge in [-0.15, -0.1) is 0 Å². The van der Waals surface area contributed by atoms with E-state index in [1.165, 1.54) is 41.1 Å². The molecular formula is C26H31FN10O7P2S2. The Balaban J connectivity index is 1.17. The largest absolute Gasteiger partial charge is 0.429 e. The second kappa shape index (κ2) is 12.3. The molecule has 0 bridgehead atoms. The van der Waals surface area contributed by atoms with Crippen LogP contribution in [-0.4, -0.2) is 89.6 Å². The van der Waals surface area contributed by atoms with Gasteiger partial charge in [0.2, 0.25) is 5.78 Å². The van der Waals surface area contributed by atoms with E-state index in [-0.39, 0.29) is 58.9 Å². The Bertz CT molecular complexity index is 2130. The van der Waals surface area contributed by atoms with Gasteiger partial charge in [0.05, 0.1) is 32.0 Å². The maximum atomic E-state index is 16.3. The van der Waals surface area contributed by atoms with Crippen LogP contribution in [0.1, 0.15) is 24.4 Å². The second-order valence-corrected chi connectivity index (χ2v) is 18.2. The van der Waals surface area contributed by atoms with E-state index in [2.05, 4.69) is 55.5 Å². The average molecular weight is 741 g/mol. The van der Waals surface area contributed by atoms with Crippen LogP contribution in [0.15, 0.2) is 52.2 Å². The number of rotatable bonds is 4. The summed E-state index contributed by atoms with van der Waals surface area (Å²) < 4.78 is 57.9. The monoisotopic (exact) mass is 740 g/mol. The zero-order valence-corrected chi connectivity index (χ0v) is 28.8. The first-order valence-electron chi connectivity index (χ1n) is 14.6. The number of aliphatic imine (C=N–C) groups is 2. The minimum Gasteiger partial charge on any atom is -0.429 e. The molecule has 3 fully saturated rings. The van der Waals surface area contributed by atoms with Crippen LogP contribution in [-0.2, 0) is 34.7 Å². The van der Waals surface area contributed by atoms with Gasteiger partial charge >= 0.3 is 6.72 Å². The van der Waals surface area contributed by atoms with E-state index in [0.29, 0.717) is 17.8 Å². The molecule has 256 valence electrons. The first kappa shape index (κ1) is 33.3. The number of imidazole rings is 3. The number of alkyl halides is 1. The number of allylic oxidation sites excluding steroid dienone is 1. The molecule has 3 aliphatic rings. The summed E-state index contributed by atoms with van der Waals surface area (Å²) in [5.41, 5.74) is 6.39. The van der Waals surface area contributed by atoms with Crippen molar-refractivity contribution in [1.29, 1.82) is 0 Å². The highest BCUT2D eigenvalue weighted by atomic mass is 32.7. The van der Waals surface area contributed by atoms with Gasteiger partial charge in [0, 0.05) is 55.3 Å². The van der Waals surface area contributed by atoms with Gasteiger partial charge in [0.25, 0.3) is 12.1 Å². The maximum absolute atomic E-state index is 16.3. The van der Waals surface area contributed by atoms with E-state index in [1.807, 2.05) is 0 Å². The molecule has 0 aromatic carbocycles. The minimum atomic E-state index is -4.02. The van der Waals surface area contributed by atoms with Gasteiger partial charge in [-0.25, -0.2) is 28.7 Å². The van der Waals surface area contributed by atoms with Crippen LogP contribution in [0.2, 0.25) is 0 Å². The van der Waals surface area contributed by atoms with Gasteiger partial charge in [-0.05, 0) is 19.1 Å². The van der Waals surface area contributed by atoms with Crippen LogP contribution in [0.5, 0.6) is 0 Å². The summed E-state index contributed by atoms with van der Waals surface area (Å²) in [6, 6.07) is -0.373. The van der Waals surface area contributed by atoms with Crippen LogP contribution in [0.4, 0.5) is 10.2 Å². The lowest BCUT2D eigenvalue weighted by molar-refractivity contribution is -0.0369. The Labute approximate surface area is 282 Å². The van der Waals surface area contributed by atoms with Gasteiger partial charge in [0.1, 0.15) is 22.9 Å². The predicted molar refractivity (Wildman–Crippen MR) is 180 cm³/mol. The molecule has 0 radical (unpaired) electrons. The average Bonchev–Trinajstić information content (AvgIpc) is 3.81. The molecule has 0 spiro atoms. The molecule has 1 saturated carbocycles. The van der Waals surface area contributed by atoms with Gasteiger partial charge in [0.15, 0.2) is 23.7 Å². The molecule has 7 rings (SSSR count). The molecule has 17 nitrogen and oxygen atoms in total. The van der Waals surface area contributed by atoms with E-state index in [9.17, 15) is 14.3 Å². The summed E-state index contributed by atoms with van der Waals surface area (Å²) in [5, 5.41) is 0. The Morgan fingerprint density at radius 3 is 2.79 bits per heavy atom. The molecule has 0 amide bonds. The molecule has 9 atom stereocenters. The van der Waals surface area contributed by atoms with Gasteiger partial charge < -0.3 is 34.0 Å². The number of H-pyrrole nitrogens is 1. The lowest BCUT2D eigenvalue weighted by Crippen LogP contribution is -2.42. The molecule has 2 saturated heterocycles. The van der Waals surface area contributed by atoms with Crippen LogP contribution in [0, 0.1) is 17.8 Å². The van der Waals surface area contributed by atoms with Crippen molar-refractivity contribution in [1.82, 2.24) is 33.5 Å². The number of nitrogens with one attached hydrogen (secondary N) is 1. The predicted octanol–water partition coefficient (Wildman–Crippen LogP) is 2.88. The highest BCUT2D eigenvalue weighted by molar-refractivity contribution is 8.46. The SMILES string of the molecule is C=Nc1c(C(N)=NC)ncn1[C@@H]1O[C@@H]2COP(O)(=S)OC(=C)[C@@H]3[C@@H](COP(=O)(S)C[C@H]2[C@H]1F)C[C@H]3n1cnc2c(=O)n3ccnc3[nH]c21. The molecule has 4 N–H and O–H groups in total. The number of aromatic amines is 1. The second-order valence-electron chi connectivity index (χ2n) is 11.7. The van der Waals surface area contributed by atoms with Gasteiger partial charge in [-0.3, -0.25) is 23.4 Å². The quantitative estimate of drug-likeness (QED) is 0.103. The van der Waals surface area contributed by atoms with Crippen molar-refractivity contribution >= 4 is 72.7 Å². The lowest BCUT2D eigenvalue weighted by atomic mass is 9.68. The fourth-order valence-electron chi connectivity index (χ4n) is 6.62. The van der Waals surface area contributed by atoms with Crippen molar-refractivity contribution in [3.63, 3.8) is 0 Å². The molecular weight excluding hydrogens is 709 g/mol. The summed E-state index contributed by atoms with van der Waals surface area (Å²) in [7, 11) is 1.47. The first-order valence-corrected chi connectivity index (χ1v) is 20.2. The number of hydrogen-bond acceptors (Lipinski definition) is 12. The van der Waals surface area contributed by atoms with Crippen molar-refractivity contribution < 1.29 is 32.2 Å². The number of amidine groups is 1. The minimum absolute atomic E-state index is 0.0587. The van der Waals surface area contributed by atoms with Crippen molar-refractivity contribution in [2.45, 2.75) is 31.0 Å². The lowest BCUT2D eigenvalue weighted by Gasteiger charge is -2.46. The smallest absolute Gasteiger partial charge is 0.377 e. The van der Waals surface area contributed by atoms with Gasteiger partial charge in [-0.1, -0.05) is 18.8 Å². The normalized spacial score (nSPS) is 34.8. The number of aromatic nitrogens is 7. The van der Waals surface area contributed by atoms with Crippen molar-refractivity contribution in [2.24, 2.45) is 33.5 Å². The maximum Gasteiger partial charge on any atom is 0.377 e. The number of nitrogens with zero attached hydrogens (tertiary/aromatic N) is 8. The third kappa shape index (κ3) is 5.67. The summed E-state index contributed by atoms with van der Waals surface area (Å²) >= 11 is 9.70.